The highest BCUT2D eigenvalue weighted by atomic mass is 16.5. The molecule has 2 aromatic rings. The second kappa shape index (κ2) is 6.21. The van der Waals surface area contributed by atoms with Gasteiger partial charge in [-0.05, 0) is 24.0 Å². The van der Waals surface area contributed by atoms with E-state index < -0.39 is 0 Å². The fraction of sp³-hybridized carbons (Fsp3) is 0.333. The molecule has 2 atom stereocenters. The molecule has 104 valence electrons. The Morgan fingerprint density at radius 1 is 0.850 bits per heavy atom. The molecule has 1 saturated heterocycles. The first kappa shape index (κ1) is 13.3. The number of benzene rings is 2. The fourth-order valence-corrected chi connectivity index (χ4v) is 2.96. The molecule has 1 fully saturated rings. The second-order valence-corrected chi connectivity index (χ2v) is 5.40. The molecule has 1 aliphatic heterocycles. The Balaban J connectivity index is 1.92. The van der Waals surface area contributed by atoms with Crippen LogP contribution in [-0.4, -0.2) is 23.9 Å². The number of hydrogen-bond donors (Lipinski definition) is 1. The Bertz CT molecular complexity index is 476. The summed E-state index contributed by atoms with van der Waals surface area (Å²) in [6.07, 6.45) is 1.55. The van der Waals surface area contributed by atoms with E-state index in [1.165, 1.54) is 11.1 Å². The van der Waals surface area contributed by atoms with Crippen molar-refractivity contribution in [3.05, 3.63) is 71.8 Å². The monoisotopic (exact) mass is 268 g/mol. The molecular weight excluding hydrogens is 248 g/mol. The SMILES string of the molecule is O[C@@H]1CCC(C(c2ccccc2)c2ccccc2)OC1. The average molecular weight is 268 g/mol. The van der Waals surface area contributed by atoms with Crippen molar-refractivity contribution < 1.29 is 9.84 Å². The maximum atomic E-state index is 9.62. The highest BCUT2D eigenvalue weighted by Crippen LogP contribution is 2.34. The zero-order chi connectivity index (χ0) is 13.8. The van der Waals surface area contributed by atoms with E-state index in [0.717, 1.165) is 12.8 Å². The first-order chi connectivity index (χ1) is 9.84. The maximum Gasteiger partial charge on any atom is 0.0774 e. The molecule has 0 bridgehead atoms. The molecule has 1 aliphatic rings. The summed E-state index contributed by atoms with van der Waals surface area (Å²) in [4.78, 5) is 0. The summed E-state index contributed by atoms with van der Waals surface area (Å²) < 4.78 is 5.91. The Morgan fingerprint density at radius 3 is 1.85 bits per heavy atom. The van der Waals surface area contributed by atoms with Gasteiger partial charge >= 0.3 is 0 Å². The number of hydrogen-bond acceptors (Lipinski definition) is 2. The molecule has 2 nitrogen and oxygen atoms in total. The van der Waals surface area contributed by atoms with Crippen molar-refractivity contribution in [3.63, 3.8) is 0 Å². The lowest BCUT2D eigenvalue weighted by molar-refractivity contribution is -0.0610. The van der Waals surface area contributed by atoms with Gasteiger partial charge in [0.05, 0.1) is 18.8 Å². The summed E-state index contributed by atoms with van der Waals surface area (Å²) >= 11 is 0. The fourth-order valence-electron chi connectivity index (χ4n) is 2.96. The van der Waals surface area contributed by atoms with Crippen LogP contribution in [0.15, 0.2) is 60.7 Å². The lowest BCUT2D eigenvalue weighted by atomic mass is 9.83. The summed E-state index contributed by atoms with van der Waals surface area (Å²) in [5.41, 5.74) is 2.56. The minimum Gasteiger partial charge on any atom is -0.391 e. The predicted octanol–water partition coefficient (Wildman–Crippen LogP) is 3.36. The maximum absolute atomic E-state index is 9.62. The highest BCUT2D eigenvalue weighted by molar-refractivity contribution is 5.33. The molecule has 0 saturated carbocycles. The van der Waals surface area contributed by atoms with Crippen LogP contribution in [0.25, 0.3) is 0 Å². The molecule has 3 rings (SSSR count). The van der Waals surface area contributed by atoms with Crippen molar-refractivity contribution in [2.75, 3.05) is 6.61 Å². The van der Waals surface area contributed by atoms with Crippen LogP contribution >= 0.6 is 0 Å². The molecule has 0 aromatic heterocycles. The van der Waals surface area contributed by atoms with Crippen LogP contribution in [0, 0.1) is 0 Å². The van der Waals surface area contributed by atoms with Gasteiger partial charge in [-0.1, -0.05) is 60.7 Å². The zero-order valence-corrected chi connectivity index (χ0v) is 11.5. The molecule has 0 aliphatic carbocycles. The minimum atomic E-state index is -0.307. The van der Waals surface area contributed by atoms with Crippen LogP contribution in [0.3, 0.4) is 0 Å². The topological polar surface area (TPSA) is 29.5 Å². The van der Waals surface area contributed by atoms with Crippen molar-refractivity contribution in [2.45, 2.75) is 31.0 Å². The Morgan fingerprint density at radius 2 is 1.40 bits per heavy atom. The Labute approximate surface area is 120 Å². The molecule has 1 unspecified atom stereocenters. The predicted molar refractivity (Wildman–Crippen MR) is 79.7 cm³/mol. The highest BCUT2D eigenvalue weighted by Gasteiger charge is 2.29. The van der Waals surface area contributed by atoms with E-state index in [1.807, 2.05) is 12.1 Å². The van der Waals surface area contributed by atoms with Crippen LogP contribution in [-0.2, 0) is 4.74 Å². The van der Waals surface area contributed by atoms with Crippen LogP contribution in [0.5, 0.6) is 0 Å². The van der Waals surface area contributed by atoms with Crippen LogP contribution in [0.1, 0.15) is 29.9 Å². The van der Waals surface area contributed by atoms with Crippen molar-refractivity contribution in [2.24, 2.45) is 0 Å². The molecule has 0 spiro atoms. The molecule has 2 heteroatoms. The van der Waals surface area contributed by atoms with Crippen LogP contribution in [0.4, 0.5) is 0 Å². The number of ether oxygens (including phenoxy) is 1. The summed E-state index contributed by atoms with van der Waals surface area (Å²) in [7, 11) is 0. The van der Waals surface area contributed by atoms with Gasteiger partial charge in [0.2, 0.25) is 0 Å². The van der Waals surface area contributed by atoms with E-state index in [0.29, 0.717) is 6.61 Å². The molecule has 2 aromatic carbocycles. The summed E-state index contributed by atoms with van der Waals surface area (Å²) in [5.74, 6) is 0.241. The zero-order valence-electron chi connectivity index (χ0n) is 11.5. The van der Waals surface area contributed by atoms with Gasteiger partial charge in [0.15, 0.2) is 0 Å². The lowest BCUT2D eigenvalue weighted by Gasteiger charge is -2.33. The van der Waals surface area contributed by atoms with Crippen molar-refractivity contribution in [3.8, 4) is 0 Å². The molecule has 0 radical (unpaired) electrons. The van der Waals surface area contributed by atoms with E-state index >= 15 is 0 Å². The van der Waals surface area contributed by atoms with Gasteiger partial charge in [0.1, 0.15) is 0 Å². The number of aliphatic hydroxyl groups excluding tert-OH is 1. The number of aliphatic hydroxyl groups is 1. The molecule has 1 N–H and O–H groups in total. The van der Waals surface area contributed by atoms with Crippen molar-refractivity contribution in [1.29, 1.82) is 0 Å². The van der Waals surface area contributed by atoms with Gasteiger partial charge in [-0.15, -0.1) is 0 Å². The molecule has 0 amide bonds. The summed E-state index contributed by atoms with van der Waals surface area (Å²) in [6, 6.07) is 21.0. The van der Waals surface area contributed by atoms with E-state index in [1.54, 1.807) is 0 Å². The van der Waals surface area contributed by atoms with Gasteiger partial charge in [0.25, 0.3) is 0 Å². The molecular formula is C18H20O2. The third-order valence-corrected chi connectivity index (χ3v) is 3.98. The standard InChI is InChI=1S/C18H20O2/c19-16-11-12-17(20-13-16)18(14-7-3-1-4-8-14)15-9-5-2-6-10-15/h1-10,16-19H,11-13H2/t16-,17?/m1/s1. The van der Waals surface area contributed by atoms with Crippen LogP contribution < -0.4 is 0 Å². The minimum absolute atomic E-state index is 0.142. The average Bonchev–Trinajstić information content (AvgIpc) is 2.52. The van der Waals surface area contributed by atoms with Crippen molar-refractivity contribution >= 4 is 0 Å². The smallest absolute Gasteiger partial charge is 0.0774 e. The largest absolute Gasteiger partial charge is 0.391 e. The number of rotatable bonds is 3. The lowest BCUT2D eigenvalue weighted by Crippen LogP contribution is -2.33. The quantitative estimate of drug-likeness (QED) is 0.925. The molecule has 20 heavy (non-hydrogen) atoms. The Hall–Kier alpha value is -1.64. The first-order valence-electron chi connectivity index (χ1n) is 7.24. The van der Waals surface area contributed by atoms with Crippen LogP contribution in [0.2, 0.25) is 0 Å². The first-order valence-corrected chi connectivity index (χ1v) is 7.24. The van der Waals surface area contributed by atoms with E-state index in [2.05, 4.69) is 48.5 Å². The molecule has 1 heterocycles. The van der Waals surface area contributed by atoms with Gasteiger partial charge in [0, 0.05) is 5.92 Å². The van der Waals surface area contributed by atoms with Gasteiger partial charge in [-0.3, -0.25) is 0 Å². The summed E-state index contributed by atoms with van der Waals surface area (Å²) in [5, 5.41) is 9.62. The second-order valence-electron chi connectivity index (χ2n) is 5.40. The van der Waals surface area contributed by atoms with Gasteiger partial charge < -0.3 is 9.84 Å². The summed E-state index contributed by atoms with van der Waals surface area (Å²) in [6.45, 7) is 0.445. The Kier molecular flexibility index (Phi) is 4.14. The third-order valence-electron chi connectivity index (χ3n) is 3.98. The van der Waals surface area contributed by atoms with E-state index in [9.17, 15) is 5.11 Å². The van der Waals surface area contributed by atoms with E-state index in [4.69, 9.17) is 4.74 Å². The van der Waals surface area contributed by atoms with Crippen molar-refractivity contribution in [1.82, 2.24) is 0 Å². The van der Waals surface area contributed by atoms with Gasteiger partial charge in [-0.2, -0.15) is 0 Å². The van der Waals surface area contributed by atoms with E-state index in [-0.39, 0.29) is 18.1 Å². The van der Waals surface area contributed by atoms with Gasteiger partial charge in [-0.25, -0.2) is 0 Å². The normalized spacial score (nSPS) is 22.9. The third kappa shape index (κ3) is 2.92.